The Balaban J connectivity index is 1.83. The van der Waals surface area contributed by atoms with Gasteiger partial charge in [0.05, 0.1) is 0 Å². The van der Waals surface area contributed by atoms with Crippen LogP contribution in [0.4, 0.5) is 0 Å². The van der Waals surface area contributed by atoms with E-state index in [0.29, 0.717) is 0 Å². The third kappa shape index (κ3) is 2.65. The van der Waals surface area contributed by atoms with Crippen LogP contribution in [0.2, 0.25) is 0 Å². The molecular formula is C11H22N2S. The summed E-state index contributed by atoms with van der Waals surface area (Å²) in [5.74, 6) is 1.35. The van der Waals surface area contributed by atoms with E-state index in [0.717, 1.165) is 11.3 Å². The zero-order valence-electron chi connectivity index (χ0n) is 9.17. The zero-order chi connectivity index (χ0) is 9.80. The summed E-state index contributed by atoms with van der Waals surface area (Å²) in [5.41, 5.74) is 0. The first-order valence-corrected chi connectivity index (χ1v) is 7.01. The lowest BCUT2D eigenvalue weighted by molar-refractivity contribution is 0.167. The molecule has 2 aliphatic heterocycles. The van der Waals surface area contributed by atoms with Crippen molar-refractivity contribution in [3.05, 3.63) is 0 Å². The van der Waals surface area contributed by atoms with Gasteiger partial charge < -0.3 is 5.32 Å². The second-order valence-electron chi connectivity index (χ2n) is 4.38. The second-order valence-corrected chi connectivity index (χ2v) is 5.79. The largest absolute Gasteiger partial charge is 0.317 e. The molecule has 2 heterocycles. The summed E-state index contributed by atoms with van der Waals surface area (Å²) in [6.45, 7) is 7.44. The standard InChI is InChI=1S/C11H22N2S/c1-2-11-9-13(7-8-14-11)10-3-5-12-6-4-10/h10-12H,2-9H2,1H3. The lowest BCUT2D eigenvalue weighted by atomic mass is 10.0. The Labute approximate surface area is 91.8 Å². The van der Waals surface area contributed by atoms with Crippen LogP contribution in [0, 0.1) is 0 Å². The topological polar surface area (TPSA) is 15.3 Å². The third-order valence-electron chi connectivity index (χ3n) is 3.45. The summed E-state index contributed by atoms with van der Waals surface area (Å²) in [6.07, 6.45) is 4.06. The van der Waals surface area contributed by atoms with Gasteiger partial charge in [-0.2, -0.15) is 11.8 Å². The lowest BCUT2D eigenvalue weighted by Gasteiger charge is -2.39. The van der Waals surface area contributed by atoms with Crippen molar-refractivity contribution in [2.75, 3.05) is 31.9 Å². The van der Waals surface area contributed by atoms with Gasteiger partial charge in [0.15, 0.2) is 0 Å². The molecule has 0 bridgehead atoms. The maximum absolute atomic E-state index is 3.45. The minimum atomic E-state index is 0.881. The van der Waals surface area contributed by atoms with Crippen molar-refractivity contribution >= 4 is 11.8 Å². The molecular weight excluding hydrogens is 192 g/mol. The van der Waals surface area contributed by atoms with Crippen LogP contribution in [-0.4, -0.2) is 48.1 Å². The summed E-state index contributed by atoms with van der Waals surface area (Å²) in [6, 6.07) is 0.881. The maximum Gasteiger partial charge on any atom is 0.0172 e. The van der Waals surface area contributed by atoms with Crippen LogP contribution in [0.1, 0.15) is 26.2 Å². The predicted octanol–water partition coefficient (Wildman–Crippen LogP) is 1.57. The molecule has 3 heteroatoms. The average molecular weight is 214 g/mol. The van der Waals surface area contributed by atoms with Crippen molar-refractivity contribution in [2.24, 2.45) is 0 Å². The fourth-order valence-corrected chi connectivity index (χ4v) is 3.70. The van der Waals surface area contributed by atoms with E-state index in [1.165, 1.54) is 51.2 Å². The van der Waals surface area contributed by atoms with Gasteiger partial charge in [-0.3, -0.25) is 4.90 Å². The van der Waals surface area contributed by atoms with E-state index in [1.54, 1.807) is 0 Å². The first-order chi connectivity index (χ1) is 6.90. The molecule has 0 saturated carbocycles. The van der Waals surface area contributed by atoms with Crippen molar-refractivity contribution < 1.29 is 0 Å². The van der Waals surface area contributed by atoms with Crippen molar-refractivity contribution in [3.63, 3.8) is 0 Å². The molecule has 2 saturated heterocycles. The van der Waals surface area contributed by atoms with Crippen LogP contribution in [0.5, 0.6) is 0 Å². The molecule has 0 spiro atoms. The van der Waals surface area contributed by atoms with E-state index in [-0.39, 0.29) is 0 Å². The molecule has 2 aliphatic rings. The Hall–Kier alpha value is 0.270. The highest BCUT2D eigenvalue weighted by molar-refractivity contribution is 8.00. The van der Waals surface area contributed by atoms with Crippen molar-refractivity contribution in [3.8, 4) is 0 Å². The molecule has 0 aromatic carbocycles. The van der Waals surface area contributed by atoms with Gasteiger partial charge in [0, 0.05) is 30.1 Å². The lowest BCUT2D eigenvalue weighted by Crippen LogP contribution is -2.48. The molecule has 2 fully saturated rings. The van der Waals surface area contributed by atoms with Crippen molar-refractivity contribution in [2.45, 2.75) is 37.5 Å². The Morgan fingerprint density at radius 1 is 1.36 bits per heavy atom. The van der Waals surface area contributed by atoms with Gasteiger partial charge in [-0.15, -0.1) is 0 Å². The van der Waals surface area contributed by atoms with Gasteiger partial charge in [-0.05, 0) is 32.4 Å². The quantitative estimate of drug-likeness (QED) is 0.751. The highest BCUT2D eigenvalue weighted by atomic mass is 32.2. The molecule has 14 heavy (non-hydrogen) atoms. The molecule has 0 aromatic heterocycles. The second kappa shape index (κ2) is 5.38. The number of nitrogens with zero attached hydrogens (tertiary/aromatic N) is 1. The zero-order valence-corrected chi connectivity index (χ0v) is 9.98. The molecule has 0 radical (unpaired) electrons. The number of rotatable bonds is 2. The number of nitrogens with one attached hydrogen (secondary N) is 1. The van der Waals surface area contributed by atoms with Crippen molar-refractivity contribution in [1.29, 1.82) is 0 Å². The Bertz CT molecular complexity index is 169. The summed E-state index contributed by atoms with van der Waals surface area (Å²) < 4.78 is 0. The molecule has 1 unspecified atom stereocenters. The highest BCUT2D eigenvalue weighted by Gasteiger charge is 2.26. The van der Waals surface area contributed by atoms with Crippen LogP contribution >= 0.6 is 11.8 Å². The predicted molar refractivity (Wildman–Crippen MR) is 64.0 cm³/mol. The summed E-state index contributed by atoms with van der Waals surface area (Å²) in [7, 11) is 0. The number of thioether (sulfide) groups is 1. The van der Waals surface area contributed by atoms with E-state index in [4.69, 9.17) is 0 Å². The summed E-state index contributed by atoms with van der Waals surface area (Å²) in [4.78, 5) is 2.74. The fraction of sp³-hybridized carbons (Fsp3) is 1.00. The van der Waals surface area contributed by atoms with E-state index >= 15 is 0 Å². The van der Waals surface area contributed by atoms with Crippen molar-refractivity contribution in [1.82, 2.24) is 10.2 Å². The summed E-state index contributed by atoms with van der Waals surface area (Å²) in [5, 5.41) is 4.35. The Morgan fingerprint density at radius 3 is 2.86 bits per heavy atom. The molecule has 0 aromatic rings. The molecule has 2 rings (SSSR count). The molecule has 2 nitrogen and oxygen atoms in total. The first kappa shape index (κ1) is 10.8. The van der Waals surface area contributed by atoms with Crippen LogP contribution < -0.4 is 5.32 Å². The monoisotopic (exact) mass is 214 g/mol. The molecule has 82 valence electrons. The minimum Gasteiger partial charge on any atom is -0.317 e. The normalized spacial score (nSPS) is 31.9. The number of hydrogen-bond acceptors (Lipinski definition) is 3. The summed E-state index contributed by atoms with van der Waals surface area (Å²) >= 11 is 2.17. The van der Waals surface area contributed by atoms with Gasteiger partial charge in [-0.1, -0.05) is 6.92 Å². The molecule has 0 amide bonds. The molecule has 1 N–H and O–H groups in total. The first-order valence-electron chi connectivity index (χ1n) is 5.96. The van der Waals surface area contributed by atoms with Gasteiger partial charge in [0.1, 0.15) is 0 Å². The highest BCUT2D eigenvalue weighted by Crippen LogP contribution is 2.24. The van der Waals surface area contributed by atoms with Gasteiger partial charge in [-0.25, -0.2) is 0 Å². The Kier molecular flexibility index (Phi) is 4.14. The van der Waals surface area contributed by atoms with E-state index in [2.05, 4.69) is 28.9 Å². The fourth-order valence-electron chi connectivity index (χ4n) is 2.49. The van der Waals surface area contributed by atoms with Gasteiger partial charge >= 0.3 is 0 Å². The van der Waals surface area contributed by atoms with Crippen LogP contribution in [0.15, 0.2) is 0 Å². The number of hydrogen-bond donors (Lipinski definition) is 1. The smallest absolute Gasteiger partial charge is 0.0172 e. The average Bonchev–Trinajstić information content (AvgIpc) is 2.30. The van der Waals surface area contributed by atoms with E-state index < -0.39 is 0 Å². The van der Waals surface area contributed by atoms with E-state index in [9.17, 15) is 0 Å². The maximum atomic E-state index is 3.45. The van der Waals surface area contributed by atoms with Crippen LogP contribution in [-0.2, 0) is 0 Å². The van der Waals surface area contributed by atoms with Crippen LogP contribution in [0.3, 0.4) is 0 Å². The van der Waals surface area contributed by atoms with Crippen LogP contribution in [0.25, 0.3) is 0 Å². The minimum absolute atomic E-state index is 0.881. The SMILES string of the molecule is CCC1CN(C2CCNCC2)CCS1. The third-order valence-corrected chi connectivity index (χ3v) is 4.82. The van der Waals surface area contributed by atoms with Gasteiger partial charge in [0.2, 0.25) is 0 Å². The molecule has 1 atom stereocenters. The Morgan fingerprint density at radius 2 is 2.14 bits per heavy atom. The van der Waals surface area contributed by atoms with Gasteiger partial charge in [0.25, 0.3) is 0 Å². The number of piperidine rings is 1. The molecule has 0 aliphatic carbocycles. The van der Waals surface area contributed by atoms with E-state index in [1.807, 2.05) is 0 Å².